The number of nitrogens with one attached hydrogen (secondary N) is 1. The zero-order chi connectivity index (χ0) is 14.7. The van der Waals surface area contributed by atoms with Gasteiger partial charge in [0.05, 0.1) is 5.60 Å². The molecule has 2 saturated heterocycles. The summed E-state index contributed by atoms with van der Waals surface area (Å²) in [5.41, 5.74) is 2.79. The molecule has 21 heavy (non-hydrogen) atoms. The van der Waals surface area contributed by atoms with E-state index in [1.165, 1.54) is 11.1 Å². The van der Waals surface area contributed by atoms with Crippen LogP contribution in [-0.2, 0) is 9.47 Å². The maximum atomic E-state index is 6.18. The van der Waals surface area contributed by atoms with Crippen molar-refractivity contribution in [3.63, 3.8) is 0 Å². The lowest BCUT2D eigenvalue weighted by Crippen LogP contribution is -2.46. The summed E-state index contributed by atoms with van der Waals surface area (Å²) in [4.78, 5) is 0. The Kier molecular flexibility index (Phi) is 4.63. The predicted octanol–water partition coefficient (Wildman–Crippen LogP) is 3.23. The SMILES string of the molecule is CNC(c1ccc(C)cc1)C1CCOC2(CCOCC2)C1. The van der Waals surface area contributed by atoms with E-state index in [0.717, 1.165) is 45.5 Å². The Morgan fingerprint density at radius 1 is 1.14 bits per heavy atom. The minimum absolute atomic E-state index is 0.0704. The number of rotatable bonds is 3. The summed E-state index contributed by atoms with van der Waals surface area (Å²) in [5.74, 6) is 0.643. The van der Waals surface area contributed by atoms with Crippen LogP contribution < -0.4 is 5.32 Å². The summed E-state index contributed by atoms with van der Waals surface area (Å²) in [6.07, 6.45) is 4.39. The van der Waals surface area contributed by atoms with E-state index in [1.807, 2.05) is 0 Å². The number of hydrogen-bond acceptors (Lipinski definition) is 3. The maximum absolute atomic E-state index is 6.18. The molecule has 0 aromatic heterocycles. The molecule has 116 valence electrons. The Morgan fingerprint density at radius 3 is 2.52 bits per heavy atom. The first-order valence-electron chi connectivity index (χ1n) is 8.18. The first-order chi connectivity index (χ1) is 10.2. The molecule has 2 heterocycles. The van der Waals surface area contributed by atoms with Crippen LogP contribution in [-0.4, -0.2) is 32.5 Å². The van der Waals surface area contributed by atoms with Crippen LogP contribution in [0.2, 0.25) is 0 Å². The topological polar surface area (TPSA) is 30.5 Å². The van der Waals surface area contributed by atoms with Crippen LogP contribution in [0, 0.1) is 12.8 Å². The minimum atomic E-state index is 0.0704. The van der Waals surface area contributed by atoms with Gasteiger partial charge in [-0.25, -0.2) is 0 Å². The normalized spacial score (nSPS) is 26.7. The molecular weight excluding hydrogens is 262 g/mol. The molecule has 1 aromatic rings. The molecule has 2 aliphatic heterocycles. The van der Waals surface area contributed by atoms with Gasteiger partial charge in [-0.05, 0) is 51.1 Å². The molecule has 1 spiro atoms. The van der Waals surface area contributed by atoms with Crippen LogP contribution in [0.4, 0.5) is 0 Å². The van der Waals surface area contributed by atoms with Crippen LogP contribution in [0.15, 0.2) is 24.3 Å². The zero-order valence-electron chi connectivity index (χ0n) is 13.2. The van der Waals surface area contributed by atoms with Crippen molar-refractivity contribution < 1.29 is 9.47 Å². The molecule has 0 saturated carbocycles. The molecule has 2 atom stereocenters. The largest absolute Gasteiger partial charge is 0.381 e. The van der Waals surface area contributed by atoms with Gasteiger partial charge in [-0.15, -0.1) is 0 Å². The third kappa shape index (κ3) is 3.31. The molecule has 0 amide bonds. The van der Waals surface area contributed by atoms with Gasteiger partial charge in [-0.3, -0.25) is 0 Å². The smallest absolute Gasteiger partial charge is 0.0729 e. The van der Waals surface area contributed by atoms with Crippen LogP contribution in [0.1, 0.15) is 42.9 Å². The van der Waals surface area contributed by atoms with Gasteiger partial charge in [0, 0.05) is 25.9 Å². The fraction of sp³-hybridized carbons (Fsp3) is 0.667. The molecule has 3 heteroatoms. The molecule has 1 N–H and O–H groups in total. The van der Waals surface area contributed by atoms with Gasteiger partial charge in [-0.1, -0.05) is 29.8 Å². The van der Waals surface area contributed by atoms with Crippen molar-refractivity contribution >= 4 is 0 Å². The summed E-state index contributed by atoms with van der Waals surface area (Å²) >= 11 is 0. The summed E-state index contributed by atoms with van der Waals surface area (Å²) in [6.45, 7) is 4.72. The Hall–Kier alpha value is -0.900. The molecule has 2 fully saturated rings. The Bertz CT molecular complexity index is 445. The van der Waals surface area contributed by atoms with E-state index in [4.69, 9.17) is 9.47 Å². The van der Waals surface area contributed by atoms with Crippen molar-refractivity contribution in [3.05, 3.63) is 35.4 Å². The van der Waals surface area contributed by atoms with E-state index in [2.05, 4.69) is 43.6 Å². The quantitative estimate of drug-likeness (QED) is 0.926. The van der Waals surface area contributed by atoms with E-state index in [1.54, 1.807) is 0 Å². The first kappa shape index (κ1) is 15.0. The van der Waals surface area contributed by atoms with E-state index < -0.39 is 0 Å². The van der Waals surface area contributed by atoms with Gasteiger partial charge in [0.2, 0.25) is 0 Å². The number of benzene rings is 1. The fourth-order valence-electron chi connectivity index (χ4n) is 3.89. The third-order valence-electron chi connectivity index (χ3n) is 5.15. The van der Waals surface area contributed by atoms with Crippen molar-refractivity contribution in [3.8, 4) is 0 Å². The molecular formula is C18H27NO2. The molecule has 2 unspecified atom stereocenters. The van der Waals surface area contributed by atoms with Gasteiger partial charge >= 0.3 is 0 Å². The standard InChI is InChI=1S/C18H27NO2/c1-14-3-5-15(6-4-14)17(19-2)16-7-10-21-18(13-16)8-11-20-12-9-18/h3-6,16-17,19H,7-13H2,1-2H3. The molecule has 1 aromatic carbocycles. The minimum Gasteiger partial charge on any atom is -0.381 e. The highest BCUT2D eigenvalue weighted by atomic mass is 16.5. The lowest BCUT2D eigenvalue weighted by atomic mass is 9.76. The Morgan fingerprint density at radius 2 is 1.86 bits per heavy atom. The number of aryl methyl sites for hydroxylation is 1. The number of hydrogen-bond donors (Lipinski definition) is 1. The van der Waals surface area contributed by atoms with Gasteiger partial charge in [-0.2, -0.15) is 0 Å². The molecule has 0 bridgehead atoms. The summed E-state index contributed by atoms with van der Waals surface area (Å²) in [5, 5.41) is 3.54. The van der Waals surface area contributed by atoms with Crippen molar-refractivity contribution in [2.45, 2.75) is 44.2 Å². The molecule has 3 nitrogen and oxygen atoms in total. The van der Waals surface area contributed by atoms with E-state index in [0.29, 0.717) is 12.0 Å². The lowest BCUT2D eigenvalue weighted by molar-refractivity contribution is -0.150. The predicted molar refractivity (Wildman–Crippen MR) is 84.4 cm³/mol. The van der Waals surface area contributed by atoms with Crippen molar-refractivity contribution in [2.24, 2.45) is 5.92 Å². The average molecular weight is 289 g/mol. The van der Waals surface area contributed by atoms with E-state index in [9.17, 15) is 0 Å². The molecule has 3 rings (SSSR count). The lowest BCUT2D eigenvalue weighted by Gasteiger charge is -2.45. The van der Waals surface area contributed by atoms with Gasteiger partial charge in [0.15, 0.2) is 0 Å². The van der Waals surface area contributed by atoms with Crippen molar-refractivity contribution in [2.75, 3.05) is 26.9 Å². The van der Waals surface area contributed by atoms with Crippen molar-refractivity contribution in [1.82, 2.24) is 5.32 Å². The van der Waals surface area contributed by atoms with Gasteiger partial charge in [0.25, 0.3) is 0 Å². The van der Waals surface area contributed by atoms with Crippen LogP contribution in [0.5, 0.6) is 0 Å². The second-order valence-corrected chi connectivity index (χ2v) is 6.57. The molecule has 0 aliphatic carbocycles. The summed E-state index contributed by atoms with van der Waals surface area (Å²) < 4.78 is 11.7. The maximum Gasteiger partial charge on any atom is 0.0729 e. The highest BCUT2D eigenvalue weighted by molar-refractivity contribution is 5.25. The van der Waals surface area contributed by atoms with Crippen LogP contribution in [0.25, 0.3) is 0 Å². The van der Waals surface area contributed by atoms with Gasteiger partial charge < -0.3 is 14.8 Å². The van der Waals surface area contributed by atoms with Crippen LogP contribution >= 0.6 is 0 Å². The van der Waals surface area contributed by atoms with E-state index in [-0.39, 0.29) is 5.60 Å². The highest BCUT2D eigenvalue weighted by Crippen LogP contribution is 2.41. The number of ether oxygens (including phenoxy) is 2. The second-order valence-electron chi connectivity index (χ2n) is 6.57. The molecule has 0 radical (unpaired) electrons. The molecule has 2 aliphatic rings. The third-order valence-corrected chi connectivity index (χ3v) is 5.15. The van der Waals surface area contributed by atoms with Crippen molar-refractivity contribution in [1.29, 1.82) is 0 Å². The fourth-order valence-corrected chi connectivity index (χ4v) is 3.89. The second kappa shape index (κ2) is 6.47. The van der Waals surface area contributed by atoms with Crippen LogP contribution in [0.3, 0.4) is 0 Å². The summed E-state index contributed by atoms with van der Waals surface area (Å²) in [6, 6.07) is 9.38. The average Bonchev–Trinajstić information content (AvgIpc) is 2.51. The zero-order valence-corrected chi connectivity index (χ0v) is 13.2. The van der Waals surface area contributed by atoms with Gasteiger partial charge in [0.1, 0.15) is 0 Å². The first-order valence-corrected chi connectivity index (χ1v) is 8.18. The highest BCUT2D eigenvalue weighted by Gasteiger charge is 2.41. The van der Waals surface area contributed by atoms with E-state index >= 15 is 0 Å². The summed E-state index contributed by atoms with van der Waals surface area (Å²) in [7, 11) is 2.08. The Balaban J connectivity index is 1.75. The Labute approximate surface area is 128 Å². The monoisotopic (exact) mass is 289 g/mol.